The van der Waals surface area contributed by atoms with E-state index in [0.717, 1.165) is 5.02 Å². The molecule has 0 radical (unpaired) electrons. The monoisotopic (exact) mass is 320 g/mol. The third kappa shape index (κ3) is 2.07. The minimum absolute atomic E-state index is 0.00718. The van der Waals surface area contributed by atoms with Crippen molar-refractivity contribution in [3.8, 4) is 0 Å². The van der Waals surface area contributed by atoms with Gasteiger partial charge in [-0.15, -0.1) is 0 Å². The van der Waals surface area contributed by atoms with Gasteiger partial charge in [0.05, 0.1) is 6.10 Å². The zero-order valence-corrected chi connectivity index (χ0v) is 14.1. The quantitative estimate of drug-likeness (QED) is 0.781. The molecule has 2 bridgehead atoms. The number of hydrogen-bond donors (Lipinski definition) is 0. The molecule has 118 valence electrons. The van der Waals surface area contributed by atoms with Gasteiger partial charge in [-0.3, -0.25) is 0 Å². The van der Waals surface area contributed by atoms with Crippen molar-refractivity contribution in [1.82, 2.24) is 0 Å². The van der Waals surface area contributed by atoms with E-state index in [1.807, 2.05) is 26.0 Å². The third-order valence-electron chi connectivity index (χ3n) is 5.04. The highest BCUT2D eigenvalue weighted by atomic mass is 35.5. The Bertz CT molecular complexity index is 634. The summed E-state index contributed by atoms with van der Waals surface area (Å²) < 4.78 is 18.4. The average Bonchev–Trinajstić information content (AvgIpc) is 2.91. The van der Waals surface area contributed by atoms with Crippen LogP contribution in [0, 0.1) is 5.92 Å². The van der Waals surface area contributed by atoms with E-state index in [0.29, 0.717) is 0 Å². The van der Waals surface area contributed by atoms with Crippen molar-refractivity contribution in [3.63, 3.8) is 0 Å². The minimum Gasteiger partial charge on any atom is -0.364 e. The molecule has 2 fully saturated rings. The number of rotatable bonds is 1. The van der Waals surface area contributed by atoms with Crippen LogP contribution in [0.25, 0.3) is 5.57 Å². The molecule has 1 aromatic rings. The third-order valence-corrected chi connectivity index (χ3v) is 5.30. The maximum Gasteiger partial charge on any atom is 0.164 e. The predicted octanol–water partition coefficient (Wildman–Crippen LogP) is 4.05. The second kappa shape index (κ2) is 4.81. The molecule has 0 saturated carbocycles. The maximum absolute atomic E-state index is 6.22. The summed E-state index contributed by atoms with van der Waals surface area (Å²) in [7, 11) is 0. The fraction of sp³-hybridized carbons (Fsp3) is 0.556. The highest BCUT2D eigenvalue weighted by Crippen LogP contribution is 2.50. The zero-order chi connectivity index (χ0) is 15.6. The molecule has 0 aromatic heterocycles. The van der Waals surface area contributed by atoms with Crippen LogP contribution in [0.3, 0.4) is 0 Å². The molecule has 5 atom stereocenters. The lowest BCUT2D eigenvalue weighted by molar-refractivity contribution is -0.187. The van der Waals surface area contributed by atoms with Gasteiger partial charge in [0.15, 0.2) is 5.79 Å². The van der Waals surface area contributed by atoms with Crippen LogP contribution in [0.15, 0.2) is 29.8 Å². The van der Waals surface area contributed by atoms with Gasteiger partial charge in [0.1, 0.15) is 18.3 Å². The predicted molar refractivity (Wildman–Crippen MR) is 85.7 cm³/mol. The molecule has 0 spiro atoms. The summed E-state index contributed by atoms with van der Waals surface area (Å²) in [6.45, 7) is 8.32. The van der Waals surface area contributed by atoms with E-state index in [-0.39, 0.29) is 30.3 Å². The Kier molecular flexibility index (Phi) is 3.22. The van der Waals surface area contributed by atoms with Crippen LogP contribution < -0.4 is 0 Å². The van der Waals surface area contributed by atoms with Crippen molar-refractivity contribution in [1.29, 1.82) is 0 Å². The van der Waals surface area contributed by atoms with Gasteiger partial charge in [0, 0.05) is 10.9 Å². The van der Waals surface area contributed by atoms with Crippen molar-refractivity contribution in [3.05, 3.63) is 40.4 Å². The van der Waals surface area contributed by atoms with Crippen LogP contribution in [0.2, 0.25) is 5.02 Å². The molecule has 3 aliphatic heterocycles. The number of halogens is 1. The maximum atomic E-state index is 6.22. The normalized spacial score (nSPS) is 39.2. The molecule has 0 N–H and O–H groups in total. The van der Waals surface area contributed by atoms with Crippen LogP contribution in [0.4, 0.5) is 0 Å². The van der Waals surface area contributed by atoms with Crippen LogP contribution in [0.1, 0.15) is 33.3 Å². The Hall–Kier alpha value is -0.870. The first-order valence-electron chi connectivity index (χ1n) is 7.85. The first-order valence-corrected chi connectivity index (χ1v) is 8.23. The van der Waals surface area contributed by atoms with E-state index in [1.165, 1.54) is 16.7 Å². The lowest BCUT2D eigenvalue weighted by Crippen LogP contribution is -2.36. The lowest BCUT2D eigenvalue weighted by Gasteiger charge is -2.34. The first kappa shape index (κ1) is 14.7. The Morgan fingerprint density at radius 2 is 1.64 bits per heavy atom. The van der Waals surface area contributed by atoms with Gasteiger partial charge in [-0.2, -0.15) is 0 Å². The van der Waals surface area contributed by atoms with Gasteiger partial charge in [-0.1, -0.05) is 30.7 Å². The molecule has 3 aliphatic rings. The van der Waals surface area contributed by atoms with E-state index in [4.69, 9.17) is 25.8 Å². The Morgan fingerprint density at radius 1 is 1.00 bits per heavy atom. The van der Waals surface area contributed by atoms with Gasteiger partial charge in [0.25, 0.3) is 0 Å². The van der Waals surface area contributed by atoms with Crippen LogP contribution >= 0.6 is 11.6 Å². The van der Waals surface area contributed by atoms with Gasteiger partial charge in [-0.25, -0.2) is 0 Å². The summed E-state index contributed by atoms with van der Waals surface area (Å²) in [5.41, 5.74) is 3.81. The molecule has 0 aliphatic carbocycles. The van der Waals surface area contributed by atoms with Crippen LogP contribution in [0.5, 0.6) is 0 Å². The molecule has 1 aromatic carbocycles. The number of hydrogen-bond acceptors (Lipinski definition) is 3. The summed E-state index contributed by atoms with van der Waals surface area (Å²) in [5.74, 6) is -0.252. The molecule has 3 heterocycles. The molecular formula is C18H21ClO3. The topological polar surface area (TPSA) is 27.7 Å². The number of fused-ring (bicyclic) bond motifs is 5. The zero-order valence-electron chi connectivity index (χ0n) is 13.3. The van der Waals surface area contributed by atoms with Crippen molar-refractivity contribution >= 4 is 17.2 Å². The fourth-order valence-corrected chi connectivity index (χ4v) is 4.30. The minimum atomic E-state index is -0.520. The Labute approximate surface area is 136 Å². The number of ether oxygens (including phenoxy) is 3. The molecule has 4 rings (SSSR count). The molecule has 4 heteroatoms. The molecule has 22 heavy (non-hydrogen) atoms. The Morgan fingerprint density at radius 3 is 2.32 bits per heavy atom. The van der Waals surface area contributed by atoms with E-state index in [2.05, 4.69) is 26.0 Å². The largest absolute Gasteiger partial charge is 0.364 e. The highest BCUT2D eigenvalue weighted by Gasteiger charge is 2.59. The summed E-state index contributed by atoms with van der Waals surface area (Å²) in [5, 5.41) is 0.759. The van der Waals surface area contributed by atoms with E-state index in [9.17, 15) is 0 Å². The second-order valence-electron chi connectivity index (χ2n) is 6.98. The van der Waals surface area contributed by atoms with Crippen LogP contribution in [-0.2, 0) is 14.2 Å². The summed E-state index contributed by atoms with van der Waals surface area (Å²) >= 11 is 6.02. The molecule has 3 nitrogen and oxygen atoms in total. The van der Waals surface area contributed by atoms with E-state index < -0.39 is 5.79 Å². The summed E-state index contributed by atoms with van der Waals surface area (Å²) in [6, 6.07) is 8.06. The van der Waals surface area contributed by atoms with Gasteiger partial charge >= 0.3 is 0 Å². The standard InChI is InChI=1S/C18H21ClO3/c1-9-13(11-5-7-12(19)8-6-11)10(2)15-17-16(14(9)20-15)21-18(3,4)22-17/h5-9,14-17H,1-4H3/t9?,14-,15+,16-,17+/m0/s1. The fourth-order valence-electron chi connectivity index (χ4n) is 4.18. The summed E-state index contributed by atoms with van der Waals surface area (Å²) in [6.07, 6.45) is 0.0341. The van der Waals surface area contributed by atoms with Gasteiger partial charge < -0.3 is 14.2 Å². The van der Waals surface area contributed by atoms with Crippen LogP contribution in [-0.4, -0.2) is 30.2 Å². The molecule has 0 amide bonds. The SMILES string of the molecule is CC1=C(c2ccc(Cl)cc2)C(C)[C@@H]2O[C@H]1[C@H]1OC(C)(C)O[C@H]12. The smallest absolute Gasteiger partial charge is 0.164 e. The van der Waals surface area contributed by atoms with Crippen molar-refractivity contribution in [2.24, 2.45) is 5.92 Å². The lowest BCUT2D eigenvalue weighted by atomic mass is 9.85. The second-order valence-corrected chi connectivity index (χ2v) is 7.41. The van der Waals surface area contributed by atoms with Crippen molar-refractivity contribution < 1.29 is 14.2 Å². The van der Waals surface area contributed by atoms with Crippen molar-refractivity contribution in [2.45, 2.75) is 57.9 Å². The van der Waals surface area contributed by atoms with Crippen molar-refractivity contribution in [2.75, 3.05) is 0 Å². The molecular weight excluding hydrogens is 300 g/mol. The highest BCUT2D eigenvalue weighted by molar-refractivity contribution is 6.30. The Balaban J connectivity index is 1.76. The molecule has 1 unspecified atom stereocenters. The first-order chi connectivity index (χ1) is 10.4. The van der Waals surface area contributed by atoms with Gasteiger partial charge in [0.2, 0.25) is 0 Å². The van der Waals surface area contributed by atoms with Gasteiger partial charge in [-0.05, 0) is 49.6 Å². The number of benzene rings is 1. The summed E-state index contributed by atoms with van der Waals surface area (Å²) in [4.78, 5) is 0. The van der Waals surface area contributed by atoms with E-state index in [1.54, 1.807) is 0 Å². The average molecular weight is 321 g/mol. The van der Waals surface area contributed by atoms with E-state index >= 15 is 0 Å². The molecule has 2 saturated heterocycles.